The van der Waals surface area contributed by atoms with Crippen molar-refractivity contribution >= 4 is 28.1 Å². The third-order valence-electron chi connectivity index (χ3n) is 4.68. The van der Waals surface area contributed by atoms with Crippen molar-refractivity contribution in [2.75, 3.05) is 7.11 Å². The van der Waals surface area contributed by atoms with E-state index in [0.29, 0.717) is 5.92 Å². The Morgan fingerprint density at radius 1 is 1.25 bits per heavy atom. The van der Waals surface area contributed by atoms with E-state index in [4.69, 9.17) is 9.72 Å². The molecule has 4 nitrogen and oxygen atoms in total. The molecule has 0 amide bonds. The van der Waals surface area contributed by atoms with Crippen LogP contribution in [0.4, 0.5) is 0 Å². The summed E-state index contributed by atoms with van der Waals surface area (Å²) in [6.45, 7) is 0. The average molecular weight is 339 g/mol. The lowest BCUT2D eigenvalue weighted by Crippen LogP contribution is -2.08. The number of hydrogen-bond donors (Lipinski definition) is 1. The number of rotatable bonds is 4. The Morgan fingerprint density at radius 3 is 2.75 bits per heavy atom. The van der Waals surface area contributed by atoms with Gasteiger partial charge in [-0.05, 0) is 47.9 Å². The SMILES string of the molecule is COc1cc2ccc(C(=O)O)cc2cc1-c1nc(C2CCC2)cs1. The van der Waals surface area contributed by atoms with Crippen LogP contribution in [0.5, 0.6) is 5.75 Å². The molecule has 0 radical (unpaired) electrons. The quantitative estimate of drug-likeness (QED) is 0.731. The number of nitrogens with zero attached hydrogens (tertiary/aromatic N) is 1. The van der Waals surface area contributed by atoms with Gasteiger partial charge < -0.3 is 9.84 Å². The molecule has 0 unspecified atom stereocenters. The summed E-state index contributed by atoms with van der Waals surface area (Å²) in [5, 5.41) is 14.1. The second kappa shape index (κ2) is 5.91. The maximum absolute atomic E-state index is 11.2. The summed E-state index contributed by atoms with van der Waals surface area (Å²) in [7, 11) is 1.65. The number of aromatic nitrogens is 1. The zero-order valence-corrected chi connectivity index (χ0v) is 14.1. The first kappa shape index (κ1) is 15.1. The number of fused-ring (bicyclic) bond motifs is 1. The van der Waals surface area contributed by atoms with Gasteiger partial charge in [-0.1, -0.05) is 12.5 Å². The molecule has 3 aromatic rings. The number of hydrogen-bond acceptors (Lipinski definition) is 4. The van der Waals surface area contributed by atoms with Gasteiger partial charge in [-0.25, -0.2) is 9.78 Å². The Bertz CT molecular complexity index is 928. The van der Waals surface area contributed by atoms with Gasteiger partial charge in [-0.2, -0.15) is 0 Å². The molecule has 1 N–H and O–H groups in total. The predicted octanol–water partition coefficient (Wildman–Crippen LogP) is 4.94. The van der Waals surface area contributed by atoms with Crippen molar-refractivity contribution in [3.63, 3.8) is 0 Å². The van der Waals surface area contributed by atoms with Gasteiger partial charge in [0.1, 0.15) is 10.8 Å². The number of carbonyl (C=O) groups is 1. The van der Waals surface area contributed by atoms with Crippen molar-refractivity contribution in [3.8, 4) is 16.3 Å². The fourth-order valence-corrected chi connectivity index (χ4v) is 3.97. The molecule has 0 bridgehead atoms. The molecule has 1 saturated carbocycles. The third-order valence-corrected chi connectivity index (χ3v) is 5.58. The van der Waals surface area contributed by atoms with Crippen LogP contribution in [0.3, 0.4) is 0 Å². The van der Waals surface area contributed by atoms with Crippen molar-refractivity contribution in [2.24, 2.45) is 0 Å². The van der Waals surface area contributed by atoms with Gasteiger partial charge in [0.2, 0.25) is 0 Å². The molecule has 1 aliphatic rings. The van der Waals surface area contributed by atoms with Crippen LogP contribution >= 0.6 is 11.3 Å². The number of benzene rings is 2. The van der Waals surface area contributed by atoms with Crippen molar-refractivity contribution in [2.45, 2.75) is 25.2 Å². The summed E-state index contributed by atoms with van der Waals surface area (Å²) >= 11 is 1.62. The smallest absolute Gasteiger partial charge is 0.335 e. The van der Waals surface area contributed by atoms with Crippen LogP contribution < -0.4 is 4.74 Å². The van der Waals surface area contributed by atoms with E-state index in [2.05, 4.69) is 5.38 Å². The zero-order chi connectivity index (χ0) is 16.7. The lowest BCUT2D eigenvalue weighted by Gasteiger charge is -2.23. The second-order valence-electron chi connectivity index (χ2n) is 6.12. The van der Waals surface area contributed by atoms with Crippen molar-refractivity contribution < 1.29 is 14.6 Å². The predicted molar refractivity (Wildman–Crippen MR) is 95.2 cm³/mol. The molecule has 1 aliphatic carbocycles. The first-order valence-electron chi connectivity index (χ1n) is 7.96. The van der Waals surface area contributed by atoms with E-state index in [-0.39, 0.29) is 5.56 Å². The topological polar surface area (TPSA) is 59.4 Å². The lowest BCUT2D eigenvalue weighted by atomic mass is 9.83. The summed E-state index contributed by atoms with van der Waals surface area (Å²) in [5.74, 6) is 0.441. The normalized spacial score (nSPS) is 14.5. The van der Waals surface area contributed by atoms with E-state index in [1.807, 2.05) is 18.2 Å². The summed E-state index contributed by atoms with van der Waals surface area (Å²) in [6, 6.07) is 9.04. The molecule has 122 valence electrons. The first-order valence-corrected chi connectivity index (χ1v) is 8.84. The highest BCUT2D eigenvalue weighted by Gasteiger charge is 2.23. The first-order chi connectivity index (χ1) is 11.7. The van der Waals surface area contributed by atoms with E-state index in [0.717, 1.165) is 27.1 Å². The fourth-order valence-electron chi connectivity index (χ4n) is 3.05. The highest BCUT2D eigenvalue weighted by molar-refractivity contribution is 7.13. The van der Waals surface area contributed by atoms with Crippen LogP contribution in [0.25, 0.3) is 21.3 Å². The molecule has 0 atom stereocenters. The summed E-state index contributed by atoms with van der Waals surface area (Å²) in [6.07, 6.45) is 3.73. The maximum Gasteiger partial charge on any atom is 0.335 e. The van der Waals surface area contributed by atoms with Crippen LogP contribution in [0.2, 0.25) is 0 Å². The van der Waals surface area contributed by atoms with Crippen molar-refractivity contribution in [3.05, 3.63) is 47.0 Å². The third kappa shape index (κ3) is 2.55. The Kier molecular flexibility index (Phi) is 3.73. The molecule has 0 spiro atoms. The number of ether oxygens (including phenoxy) is 1. The monoisotopic (exact) mass is 339 g/mol. The fraction of sp³-hybridized carbons (Fsp3) is 0.263. The largest absolute Gasteiger partial charge is 0.496 e. The van der Waals surface area contributed by atoms with Gasteiger partial charge in [-0.15, -0.1) is 11.3 Å². The van der Waals surface area contributed by atoms with E-state index in [1.54, 1.807) is 30.6 Å². The van der Waals surface area contributed by atoms with Gasteiger partial charge in [0.25, 0.3) is 0 Å². The van der Waals surface area contributed by atoms with Gasteiger partial charge in [0, 0.05) is 11.3 Å². The van der Waals surface area contributed by atoms with Crippen molar-refractivity contribution in [1.29, 1.82) is 0 Å². The minimum absolute atomic E-state index is 0.285. The number of methoxy groups -OCH3 is 1. The molecule has 1 fully saturated rings. The molecule has 0 aliphatic heterocycles. The van der Waals surface area contributed by atoms with Gasteiger partial charge in [-0.3, -0.25) is 0 Å². The van der Waals surface area contributed by atoms with E-state index in [1.165, 1.54) is 25.0 Å². The maximum atomic E-state index is 11.2. The Balaban J connectivity index is 1.82. The van der Waals surface area contributed by atoms with E-state index in [9.17, 15) is 9.90 Å². The lowest BCUT2D eigenvalue weighted by molar-refractivity contribution is 0.0697. The van der Waals surface area contributed by atoms with Gasteiger partial charge in [0.15, 0.2) is 0 Å². The van der Waals surface area contributed by atoms with Crippen LogP contribution in [0, 0.1) is 0 Å². The molecule has 1 heterocycles. The minimum Gasteiger partial charge on any atom is -0.496 e. The van der Waals surface area contributed by atoms with E-state index < -0.39 is 5.97 Å². The van der Waals surface area contributed by atoms with Gasteiger partial charge in [0.05, 0.1) is 23.9 Å². The number of aromatic carboxylic acids is 1. The average Bonchev–Trinajstić information content (AvgIpc) is 3.00. The second-order valence-corrected chi connectivity index (χ2v) is 6.98. The molecule has 2 aromatic carbocycles. The highest BCUT2D eigenvalue weighted by atomic mass is 32.1. The molecule has 5 heteroatoms. The summed E-state index contributed by atoms with van der Waals surface area (Å²) in [5.41, 5.74) is 2.37. The van der Waals surface area contributed by atoms with Crippen LogP contribution in [-0.4, -0.2) is 23.2 Å². The van der Waals surface area contributed by atoms with Crippen LogP contribution in [0.15, 0.2) is 35.7 Å². The molecule has 1 aromatic heterocycles. The Morgan fingerprint density at radius 2 is 2.08 bits per heavy atom. The summed E-state index contributed by atoms with van der Waals surface area (Å²) in [4.78, 5) is 16.0. The van der Waals surface area contributed by atoms with Gasteiger partial charge >= 0.3 is 5.97 Å². The molecular weight excluding hydrogens is 322 g/mol. The highest BCUT2D eigenvalue weighted by Crippen LogP contribution is 2.41. The van der Waals surface area contributed by atoms with E-state index >= 15 is 0 Å². The van der Waals surface area contributed by atoms with Crippen LogP contribution in [0.1, 0.15) is 41.2 Å². The molecule has 4 rings (SSSR count). The Hall–Kier alpha value is -2.40. The Labute approximate surface area is 143 Å². The zero-order valence-electron chi connectivity index (χ0n) is 13.3. The molecular formula is C19H17NO3S. The molecule has 24 heavy (non-hydrogen) atoms. The number of carboxylic acid groups (broad SMARTS) is 1. The number of carboxylic acids is 1. The standard InChI is InChI=1S/C19H17NO3S/c1-23-17-9-12-5-6-13(19(21)22)7-14(12)8-15(17)18-20-16(10-24-18)11-3-2-4-11/h5-11H,2-4H2,1H3,(H,21,22). The summed E-state index contributed by atoms with van der Waals surface area (Å²) < 4.78 is 5.55. The van der Waals surface area contributed by atoms with Crippen molar-refractivity contribution in [1.82, 2.24) is 4.98 Å². The number of thiazole rings is 1. The van der Waals surface area contributed by atoms with Crippen LogP contribution in [-0.2, 0) is 0 Å². The minimum atomic E-state index is -0.921. The molecule has 0 saturated heterocycles.